The number of ether oxygens (including phenoxy) is 2. The summed E-state index contributed by atoms with van der Waals surface area (Å²) in [6.07, 6.45) is 1.26. The van der Waals surface area contributed by atoms with E-state index in [1.165, 1.54) is 13.0 Å². The number of rotatable bonds is 23. The number of amides is 6. The Balaban J connectivity index is 5.06. The minimum Gasteiger partial charge on any atom is -0.480 e. The third-order valence-electron chi connectivity index (χ3n) is 6.48. The van der Waals surface area contributed by atoms with Gasteiger partial charge in [0.15, 0.2) is 0 Å². The molecule has 0 rings (SSSR count). The molecule has 6 amide bonds. The van der Waals surface area contributed by atoms with Gasteiger partial charge in [-0.3, -0.25) is 24.0 Å². The maximum Gasteiger partial charge on any atom is 0.407 e. The van der Waals surface area contributed by atoms with E-state index < -0.39 is 90.5 Å². The molecule has 0 aromatic heterocycles. The molecule has 0 bridgehead atoms. The van der Waals surface area contributed by atoms with Crippen molar-refractivity contribution < 1.29 is 58.0 Å². The standard InChI is InChI=1S/C32H54N6O12/c1-8-15-49-30(47)22(35-20(4)40)12-13-25(41)37-23(16-19(2)3)28(44)38-24(18-39)27(43)34-17-26(42)36-21(29(45)46)11-9-10-14-33-31(48)50-32(5,6)7/h8,19,21-24,39H,1,9-18H2,2-7H3,(H,33,48)(H,34,43)(H,35,40)(H,36,42)(H,37,41)(H,38,44)(H,45,46)/t21-,22-,23-,24-/m0/s1. The van der Waals surface area contributed by atoms with Crippen molar-refractivity contribution in [2.45, 2.75) is 110 Å². The van der Waals surface area contributed by atoms with E-state index in [1.807, 2.05) is 0 Å². The Hall–Kier alpha value is -4.74. The van der Waals surface area contributed by atoms with Gasteiger partial charge in [-0.1, -0.05) is 26.5 Å². The van der Waals surface area contributed by atoms with Crippen molar-refractivity contribution in [3.8, 4) is 0 Å². The van der Waals surface area contributed by atoms with Crippen LogP contribution in [-0.2, 0) is 43.0 Å². The number of aliphatic hydroxyl groups excluding tert-OH is 1. The molecular formula is C32H54N6O12. The largest absolute Gasteiger partial charge is 0.480 e. The highest BCUT2D eigenvalue weighted by Crippen LogP contribution is 2.09. The summed E-state index contributed by atoms with van der Waals surface area (Å²) in [4.78, 5) is 98.0. The van der Waals surface area contributed by atoms with Crippen LogP contribution in [0.2, 0.25) is 0 Å². The van der Waals surface area contributed by atoms with Gasteiger partial charge in [-0.15, -0.1) is 0 Å². The minimum absolute atomic E-state index is 0.0383. The van der Waals surface area contributed by atoms with E-state index >= 15 is 0 Å². The first-order valence-corrected chi connectivity index (χ1v) is 16.3. The first-order valence-electron chi connectivity index (χ1n) is 16.3. The van der Waals surface area contributed by atoms with Crippen LogP contribution >= 0.6 is 0 Å². The van der Waals surface area contributed by atoms with Gasteiger partial charge in [0.05, 0.1) is 13.2 Å². The number of nitrogens with one attached hydrogen (secondary N) is 6. The number of carboxylic acid groups (broad SMARTS) is 1. The minimum atomic E-state index is -1.52. The molecule has 0 saturated carbocycles. The molecule has 0 spiro atoms. The van der Waals surface area contributed by atoms with Crippen LogP contribution in [0.5, 0.6) is 0 Å². The van der Waals surface area contributed by atoms with E-state index in [-0.39, 0.29) is 44.8 Å². The molecule has 0 radical (unpaired) electrons. The number of hydrogen-bond acceptors (Lipinski definition) is 11. The molecule has 0 fully saturated rings. The number of carboxylic acids is 1. The van der Waals surface area contributed by atoms with Gasteiger partial charge in [-0.25, -0.2) is 14.4 Å². The number of alkyl carbamates (subject to hydrolysis) is 1. The van der Waals surface area contributed by atoms with Gasteiger partial charge in [-0.2, -0.15) is 0 Å². The van der Waals surface area contributed by atoms with Gasteiger partial charge in [-0.05, 0) is 58.8 Å². The van der Waals surface area contributed by atoms with Gasteiger partial charge in [0, 0.05) is 19.9 Å². The molecular weight excluding hydrogens is 660 g/mol. The average Bonchev–Trinajstić information content (AvgIpc) is 3.00. The topological polar surface area (TPSA) is 268 Å². The van der Waals surface area contributed by atoms with Crippen molar-refractivity contribution in [3.05, 3.63) is 12.7 Å². The summed E-state index contributed by atoms with van der Waals surface area (Å²) >= 11 is 0. The third kappa shape index (κ3) is 21.3. The molecule has 0 unspecified atom stereocenters. The second kappa shape index (κ2) is 23.6. The van der Waals surface area contributed by atoms with E-state index in [4.69, 9.17) is 9.47 Å². The highest BCUT2D eigenvalue weighted by Gasteiger charge is 2.29. The van der Waals surface area contributed by atoms with Crippen LogP contribution in [-0.4, -0.2) is 114 Å². The lowest BCUT2D eigenvalue weighted by molar-refractivity contribution is -0.147. The van der Waals surface area contributed by atoms with Gasteiger partial charge in [0.25, 0.3) is 0 Å². The number of carbonyl (C=O) groups excluding carboxylic acids is 7. The summed E-state index contributed by atoms with van der Waals surface area (Å²) in [5.74, 6) is -5.90. The first-order chi connectivity index (χ1) is 23.3. The summed E-state index contributed by atoms with van der Waals surface area (Å²) in [5, 5.41) is 33.6. The van der Waals surface area contributed by atoms with Gasteiger partial charge in [0.2, 0.25) is 29.5 Å². The van der Waals surface area contributed by atoms with Crippen LogP contribution in [0.1, 0.15) is 80.1 Å². The summed E-state index contributed by atoms with van der Waals surface area (Å²) in [5.41, 5.74) is -0.664. The van der Waals surface area contributed by atoms with E-state index in [2.05, 4.69) is 38.5 Å². The fraction of sp³-hybridized carbons (Fsp3) is 0.688. The molecule has 18 heteroatoms. The Labute approximate surface area is 292 Å². The molecule has 50 heavy (non-hydrogen) atoms. The highest BCUT2D eigenvalue weighted by molar-refractivity contribution is 5.94. The average molecular weight is 715 g/mol. The van der Waals surface area contributed by atoms with E-state index in [0.29, 0.717) is 12.8 Å². The zero-order valence-electron chi connectivity index (χ0n) is 29.7. The van der Waals surface area contributed by atoms with E-state index in [0.717, 1.165) is 0 Å². The van der Waals surface area contributed by atoms with Crippen LogP contribution < -0.4 is 31.9 Å². The molecule has 0 aliphatic heterocycles. The summed E-state index contributed by atoms with van der Waals surface area (Å²) in [7, 11) is 0. The van der Waals surface area contributed by atoms with Crippen molar-refractivity contribution in [2.24, 2.45) is 5.92 Å². The number of carbonyl (C=O) groups is 8. The summed E-state index contributed by atoms with van der Waals surface area (Å²) in [6, 6.07) is -5.05. The zero-order chi connectivity index (χ0) is 38.4. The number of esters is 1. The van der Waals surface area contributed by atoms with Crippen LogP contribution in [0.25, 0.3) is 0 Å². The van der Waals surface area contributed by atoms with Crippen molar-refractivity contribution in [2.75, 3.05) is 26.3 Å². The van der Waals surface area contributed by atoms with Crippen LogP contribution in [0.3, 0.4) is 0 Å². The normalized spacial score (nSPS) is 13.4. The van der Waals surface area contributed by atoms with Gasteiger partial charge >= 0.3 is 18.0 Å². The predicted molar refractivity (Wildman–Crippen MR) is 179 cm³/mol. The monoisotopic (exact) mass is 714 g/mol. The highest BCUT2D eigenvalue weighted by atomic mass is 16.6. The number of aliphatic hydroxyl groups is 1. The smallest absolute Gasteiger partial charge is 0.407 e. The molecule has 0 saturated heterocycles. The Morgan fingerprint density at radius 1 is 0.800 bits per heavy atom. The predicted octanol–water partition coefficient (Wildman–Crippen LogP) is -0.611. The Bertz CT molecular complexity index is 1190. The molecule has 4 atom stereocenters. The van der Waals surface area contributed by atoms with Crippen LogP contribution in [0, 0.1) is 5.92 Å². The maximum absolute atomic E-state index is 13.1. The van der Waals surface area contributed by atoms with Crippen molar-refractivity contribution in [3.63, 3.8) is 0 Å². The van der Waals surface area contributed by atoms with Crippen molar-refractivity contribution >= 4 is 47.6 Å². The molecule has 0 heterocycles. The quantitative estimate of drug-likeness (QED) is 0.0374. The lowest BCUT2D eigenvalue weighted by Crippen LogP contribution is -2.56. The molecule has 284 valence electrons. The number of aliphatic carboxylic acids is 1. The van der Waals surface area contributed by atoms with Crippen molar-refractivity contribution in [1.82, 2.24) is 31.9 Å². The van der Waals surface area contributed by atoms with Crippen LogP contribution in [0.15, 0.2) is 12.7 Å². The SMILES string of the molecule is C=CCOC(=O)[C@H](CCC(=O)N[C@@H](CC(C)C)C(=O)N[C@@H](CO)C(=O)NCC(=O)N[C@@H](CCCCNC(=O)OC(C)(C)C)C(=O)O)NC(C)=O. The van der Waals surface area contributed by atoms with Gasteiger partial charge < -0.3 is 51.6 Å². The summed E-state index contributed by atoms with van der Waals surface area (Å²) in [6.45, 7) is 12.0. The molecule has 0 aliphatic rings. The lowest BCUT2D eigenvalue weighted by atomic mass is 10.0. The fourth-order valence-electron chi connectivity index (χ4n) is 4.22. The Morgan fingerprint density at radius 3 is 1.98 bits per heavy atom. The molecule has 0 aromatic carbocycles. The fourth-order valence-corrected chi connectivity index (χ4v) is 4.22. The van der Waals surface area contributed by atoms with Crippen LogP contribution in [0.4, 0.5) is 4.79 Å². The zero-order valence-corrected chi connectivity index (χ0v) is 29.7. The molecule has 0 aliphatic carbocycles. The third-order valence-corrected chi connectivity index (χ3v) is 6.48. The van der Waals surface area contributed by atoms with E-state index in [1.54, 1.807) is 34.6 Å². The molecule has 8 N–H and O–H groups in total. The van der Waals surface area contributed by atoms with Gasteiger partial charge in [0.1, 0.15) is 36.4 Å². The second-order valence-electron chi connectivity index (χ2n) is 12.8. The number of unbranched alkanes of at least 4 members (excludes halogenated alkanes) is 1. The first kappa shape index (κ1) is 45.3. The lowest BCUT2D eigenvalue weighted by Gasteiger charge is -2.24. The Kier molecular flexibility index (Phi) is 21.4. The van der Waals surface area contributed by atoms with E-state index in [9.17, 15) is 48.6 Å². The second-order valence-corrected chi connectivity index (χ2v) is 12.8. The maximum atomic E-state index is 13.1. The molecule has 18 nitrogen and oxygen atoms in total. The Morgan fingerprint density at radius 2 is 1.44 bits per heavy atom. The van der Waals surface area contributed by atoms with Crippen molar-refractivity contribution in [1.29, 1.82) is 0 Å². The summed E-state index contributed by atoms with van der Waals surface area (Å²) < 4.78 is 10.1. The number of hydrogen-bond donors (Lipinski definition) is 8. The molecule has 0 aromatic rings.